The van der Waals surface area contributed by atoms with Crippen LogP contribution in [-0.2, 0) is 17.5 Å². The zero-order valence-electron chi connectivity index (χ0n) is 20.0. The molecular weight excluding hydrogens is 487 g/mol. The lowest BCUT2D eigenvalue weighted by molar-refractivity contribution is -0.274. The quantitative estimate of drug-likeness (QED) is 0.547. The van der Waals surface area contributed by atoms with Crippen LogP contribution in [0.2, 0.25) is 0 Å². The molecule has 5 heterocycles. The van der Waals surface area contributed by atoms with Gasteiger partial charge in [-0.25, -0.2) is 9.78 Å². The average Bonchev–Trinajstić information content (AvgIpc) is 3.54. The molecule has 0 unspecified atom stereocenters. The maximum Gasteiger partial charge on any atom is 0.573 e. The van der Waals surface area contributed by atoms with Gasteiger partial charge < -0.3 is 20.7 Å². The Morgan fingerprint density at radius 1 is 1.14 bits per heavy atom. The molecule has 2 fully saturated rings. The lowest BCUT2D eigenvalue weighted by Gasteiger charge is -2.43. The number of carbonyl (C=O) groups is 1. The lowest BCUT2D eigenvalue weighted by atomic mass is 9.72. The molecule has 3 aromatic rings. The molecule has 6 rings (SSSR count). The number of likely N-dealkylation sites (tertiary alicyclic amines) is 1. The Morgan fingerprint density at radius 2 is 1.95 bits per heavy atom. The van der Waals surface area contributed by atoms with Crippen molar-refractivity contribution in [1.29, 1.82) is 0 Å². The summed E-state index contributed by atoms with van der Waals surface area (Å²) < 4.78 is 44.1. The van der Waals surface area contributed by atoms with Crippen molar-refractivity contribution in [2.75, 3.05) is 18.8 Å². The molecule has 37 heavy (non-hydrogen) atoms. The molecule has 0 bridgehead atoms. The number of pyridine rings is 2. The SMILES string of the molecule is Nc1ncc(-c2cc3n(n2)CC[C@@]32CCN(C(=O)NC3(c4cccnc4)CCC3)C2)cc1OC(F)(F)F. The molecule has 1 saturated carbocycles. The Hall–Kier alpha value is -3.83. The Labute approximate surface area is 210 Å². The first-order valence-electron chi connectivity index (χ1n) is 12.2. The van der Waals surface area contributed by atoms with Crippen LogP contribution < -0.4 is 15.8 Å². The lowest BCUT2D eigenvalue weighted by Crippen LogP contribution is -2.54. The molecule has 2 aliphatic heterocycles. The molecule has 194 valence electrons. The van der Waals surface area contributed by atoms with E-state index in [0.717, 1.165) is 43.4 Å². The number of nitrogens with two attached hydrogens (primary N) is 1. The number of hydrogen-bond donors (Lipinski definition) is 2. The van der Waals surface area contributed by atoms with Crippen molar-refractivity contribution in [3.8, 4) is 17.0 Å². The number of halogens is 3. The summed E-state index contributed by atoms with van der Waals surface area (Å²) in [5.74, 6) is -0.910. The van der Waals surface area contributed by atoms with E-state index in [9.17, 15) is 18.0 Å². The Bertz CT molecular complexity index is 1340. The number of aryl methyl sites for hydroxylation is 1. The van der Waals surface area contributed by atoms with Gasteiger partial charge in [0.1, 0.15) is 0 Å². The summed E-state index contributed by atoms with van der Waals surface area (Å²) >= 11 is 0. The first-order chi connectivity index (χ1) is 17.7. The molecular formula is C25H26F3N7O2. The minimum atomic E-state index is -4.88. The normalized spacial score (nSPS) is 22.1. The van der Waals surface area contributed by atoms with Gasteiger partial charge in [0, 0.05) is 54.9 Å². The number of nitrogens with zero attached hydrogens (tertiary/aromatic N) is 5. The third-order valence-electron chi connectivity index (χ3n) is 7.94. The van der Waals surface area contributed by atoms with Crippen LogP contribution in [0.3, 0.4) is 0 Å². The topological polar surface area (TPSA) is 111 Å². The fourth-order valence-corrected chi connectivity index (χ4v) is 5.81. The van der Waals surface area contributed by atoms with Crippen molar-refractivity contribution in [2.24, 2.45) is 0 Å². The largest absolute Gasteiger partial charge is 0.573 e. The minimum absolute atomic E-state index is 0.0877. The molecule has 3 aliphatic rings. The highest BCUT2D eigenvalue weighted by molar-refractivity contribution is 5.76. The van der Waals surface area contributed by atoms with Crippen LogP contribution in [0, 0.1) is 0 Å². The van der Waals surface area contributed by atoms with Crippen molar-refractivity contribution in [1.82, 2.24) is 30.0 Å². The third-order valence-corrected chi connectivity index (χ3v) is 7.94. The van der Waals surface area contributed by atoms with Crippen LogP contribution in [0.4, 0.5) is 23.8 Å². The van der Waals surface area contributed by atoms with Crippen molar-refractivity contribution < 1.29 is 22.7 Å². The van der Waals surface area contributed by atoms with E-state index in [2.05, 4.69) is 25.1 Å². The van der Waals surface area contributed by atoms with E-state index in [4.69, 9.17) is 5.73 Å². The second-order valence-corrected chi connectivity index (χ2v) is 10.1. The molecule has 0 aromatic carbocycles. The number of nitrogens with one attached hydrogen (secondary N) is 1. The van der Waals surface area contributed by atoms with Gasteiger partial charge in [0.2, 0.25) is 0 Å². The number of alkyl halides is 3. The van der Waals surface area contributed by atoms with E-state index in [0.29, 0.717) is 30.9 Å². The molecule has 2 amide bonds. The summed E-state index contributed by atoms with van der Waals surface area (Å²) in [4.78, 5) is 23.3. The van der Waals surface area contributed by atoms with Gasteiger partial charge in [-0.3, -0.25) is 9.67 Å². The van der Waals surface area contributed by atoms with Gasteiger partial charge in [0.05, 0.1) is 11.2 Å². The summed E-state index contributed by atoms with van der Waals surface area (Å²) in [7, 11) is 0. The molecule has 9 nitrogen and oxygen atoms in total. The number of fused-ring (bicyclic) bond motifs is 2. The number of rotatable bonds is 4. The highest BCUT2D eigenvalue weighted by Crippen LogP contribution is 2.45. The molecule has 1 atom stereocenters. The highest BCUT2D eigenvalue weighted by atomic mass is 19.4. The number of nitrogen functional groups attached to an aromatic ring is 1. The number of amides is 2. The van der Waals surface area contributed by atoms with Gasteiger partial charge in [-0.1, -0.05) is 6.07 Å². The molecule has 12 heteroatoms. The molecule has 3 N–H and O–H groups in total. The zero-order chi connectivity index (χ0) is 25.8. The molecule has 1 aliphatic carbocycles. The first-order valence-corrected chi connectivity index (χ1v) is 12.2. The van der Waals surface area contributed by atoms with Gasteiger partial charge >= 0.3 is 12.4 Å². The molecule has 1 saturated heterocycles. The summed E-state index contributed by atoms with van der Waals surface area (Å²) in [6, 6.07) is 6.88. The van der Waals surface area contributed by atoms with Gasteiger partial charge in [0.15, 0.2) is 11.6 Å². The molecule has 1 spiro atoms. The van der Waals surface area contributed by atoms with E-state index in [1.807, 2.05) is 34.0 Å². The maximum absolute atomic E-state index is 13.3. The van der Waals surface area contributed by atoms with Crippen LogP contribution in [0.15, 0.2) is 42.9 Å². The number of hydrogen-bond acceptors (Lipinski definition) is 6. The van der Waals surface area contributed by atoms with Crippen LogP contribution in [0.5, 0.6) is 5.75 Å². The smallest absolute Gasteiger partial charge is 0.402 e. The van der Waals surface area contributed by atoms with Crippen LogP contribution >= 0.6 is 0 Å². The fraction of sp³-hybridized carbons (Fsp3) is 0.440. The van der Waals surface area contributed by atoms with Crippen molar-refractivity contribution in [3.05, 3.63) is 54.1 Å². The highest BCUT2D eigenvalue weighted by Gasteiger charge is 2.48. The monoisotopic (exact) mass is 513 g/mol. The fourth-order valence-electron chi connectivity index (χ4n) is 5.81. The van der Waals surface area contributed by atoms with Crippen molar-refractivity contribution >= 4 is 11.8 Å². The number of urea groups is 1. The van der Waals surface area contributed by atoms with Gasteiger partial charge in [-0.15, -0.1) is 13.2 Å². The average molecular weight is 514 g/mol. The van der Waals surface area contributed by atoms with E-state index in [-0.39, 0.29) is 22.8 Å². The van der Waals surface area contributed by atoms with Crippen molar-refractivity contribution in [2.45, 2.75) is 56.0 Å². The number of aromatic nitrogens is 4. The summed E-state index contributed by atoms with van der Waals surface area (Å²) in [6.45, 7) is 1.83. The van der Waals surface area contributed by atoms with E-state index in [1.54, 1.807) is 6.20 Å². The van der Waals surface area contributed by atoms with E-state index >= 15 is 0 Å². The standard InChI is InChI=1S/C25H26F3N7O2/c26-25(27,28)37-19-11-16(13-31-21(19)29)18-12-20-23(7-10-35(20)33-18)6-9-34(15-23)22(36)32-24(4-2-5-24)17-3-1-8-30-14-17/h1,3,8,11-14H,2,4-7,9-10,15H2,(H2,29,31)(H,32,36)/t23-/m1/s1. The summed E-state index contributed by atoms with van der Waals surface area (Å²) in [6.07, 6.45) is 4.50. The second-order valence-electron chi connectivity index (χ2n) is 10.1. The third kappa shape index (κ3) is 4.13. The predicted molar refractivity (Wildman–Crippen MR) is 127 cm³/mol. The van der Waals surface area contributed by atoms with Crippen LogP contribution in [-0.4, -0.2) is 50.1 Å². The van der Waals surface area contributed by atoms with Crippen molar-refractivity contribution in [3.63, 3.8) is 0 Å². The van der Waals surface area contributed by atoms with Gasteiger partial charge in [-0.05, 0) is 55.9 Å². The van der Waals surface area contributed by atoms with Crippen LogP contribution in [0.1, 0.15) is 43.4 Å². The Morgan fingerprint density at radius 3 is 2.65 bits per heavy atom. The molecule has 3 aromatic heterocycles. The second kappa shape index (κ2) is 8.35. The van der Waals surface area contributed by atoms with Gasteiger partial charge in [0.25, 0.3) is 0 Å². The summed E-state index contributed by atoms with van der Waals surface area (Å²) in [5, 5.41) is 7.89. The Balaban J connectivity index is 1.20. The Kier molecular flexibility index (Phi) is 5.32. The summed E-state index contributed by atoms with van der Waals surface area (Å²) in [5.41, 5.74) is 7.81. The predicted octanol–water partition coefficient (Wildman–Crippen LogP) is 3.96. The number of anilines is 1. The maximum atomic E-state index is 13.3. The number of ether oxygens (including phenoxy) is 1. The minimum Gasteiger partial charge on any atom is -0.402 e. The molecule has 0 radical (unpaired) electrons. The number of carbonyl (C=O) groups excluding carboxylic acids is 1. The van der Waals surface area contributed by atoms with E-state index < -0.39 is 12.1 Å². The zero-order valence-corrected chi connectivity index (χ0v) is 20.0. The van der Waals surface area contributed by atoms with Gasteiger partial charge in [-0.2, -0.15) is 5.10 Å². The van der Waals surface area contributed by atoms with Crippen LogP contribution in [0.25, 0.3) is 11.3 Å². The van der Waals surface area contributed by atoms with E-state index in [1.165, 1.54) is 12.3 Å². The first kappa shape index (κ1) is 23.6.